The number of guanidine groups is 1. The van der Waals surface area contributed by atoms with Crippen molar-refractivity contribution >= 4 is 11.9 Å². The lowest BCUT2D eigenvalue weighted by Gasteiger charge is -2.36. The number of hydrogen-bond donors (Lipinski definition) is 2. The maximum absolute atomic E-state index is 12.6. The van der Waals surface area contributed by atoms with Crippen molar-refractivity contribution in [1.29, 1.82) is 0 Å². The van der Waals surface area contributed by atoms with Crippen LogP contribution in [0.25, 0.3) is 0 Å². The van der Waals surface area contributed by atoms with E-state index in [2.05, 4.69) is 36.9 Å². The minimum Gasteiger partial charge on any atom is -0.355 e. The maximum atomic E-state index is 12.6. The van der Waals surface area contributed by atoms with Crippen LogP contribution in [0.2, 0.25) is 0 Å². The van der Waals surface area contributed by atoms with Gasteiger partial charge in [0.15, 0.2) is 5.96 Å². The zero-order valence-electron chi connectivity index (χ0n) is 18.2. The summed E-state index contributed by atoms with van der Waals surface area (Å²) in [6.45, 7) is 12.6. The molecule has 164 valence electrons. The summed E-state index contributed by atoms with van der Waals surface area (Å²) in [7, 11) is 1.84. The number of hydrogen-bond acceptors (Lipinski definition) is 4. The Bertz CT molecular complexity index is 544. The van der Waals surface area contributed by atoms with Crippen molar-refractivity contribution in [3.8, 4) is 0 Å². The van der Waals surface area contributed by atoms with E-state index in [0.29, 0.717) is 17.9 Å². The van der Waals surface area contributed by atoms with Crippen molar-refractivity contribution < 1.29 is 4.79 Å². The lowest BCUT2D eigenvalue weighted by atomic mass is 10.1. The minimum atomic E-state index is 0.307. The zero-order valence-corrected chi connectivity index (χ0v) is 18.2. The van der Waals surface area contributed by atoms with Crippen LogP contribution in [0, 0.1) is 5.92 Å². The average molecular weight is 405 g/mol. The van der Waals surface area contributed by atoms with Crippen LogP contribution in [0.5, 0.6) is 0 Å². The van der Waals surface area contributed by atoms with Crippen LogP contribution < -0.4 is 10.6 Å². The van der Waals surface area contributed by atoms with Gasteiger partial charge in [-0.25, -0.2) is 0 Å². The van der Waals surface area contributed by atoms with E-state index in [0.717, 1.165) is 90.5 Å². The standard InChI is InChI=1S/C22H40N6O/c1-3-11-26-12-8-20(9-13-26)25-22(23-2)24-10-14-27-15-17-28(18-16-27)21(29)19-6-4-5-7-19/h3,19-20H,1,4-18H2,2H3,(H2,23,24,25). The first-order chi connectivity index (χ1) is 14.2. The fourth-order valence-corrected chi connectivity index (χ4v) is 4.79. The number of rotatable bonds is 7. The van der Waals surface area contributed by atoms with E-state index >= 15 is 0 Å². The van der Waals surface area contributed by atoms with E-state index < -0.39 is 0 Å². The summed E-state index contributed by atoms with van der Waals surface area (Å²) in [5.41, 5.74) is 0. The number of likely N-dealkylation sites (tertiary alicyclic amines) is 1. The van der Waals surface area contributed by atoms with Gasteiger partial charge in [-0.3, -0.25) is 19.6 Å². The quantitative estimate of drug-likeness (QED) is 0.378. The van der Waals surface area contributed by atoms with E-state index in [1.54, 1.807) is 0 Å². The number of piperidine rings is 1. The van der Waals surface area contributed by atoms with Crippen molar-refractivity contribution in [1.82, 2.24) is 25.3 Å². The largest absolute Gasteiger partial charge is 0.355 e. The molecule has 1 aliphatic carbocycles. The van der Waals surface area contributed by atoms with E-state index in [1.807, 2.05) is 13.1 Å². The molecule has 0 spiro atoms. The lowest BCUT2D eigenvalue weighted by molar-refractivity contribution is -0.137. The van der Waals surface area contributed by atoms with Gasteiger partial charge >= 0.3 is 0 Å². The van der Waals surface area contributed by atoms with E-state index in [4.69, 9.17) is 0 Å². The Morgan fingerprint density at radius 3 is 2.34 bits per heavy atom. The molecule has 0 aromatic heterocycles. The second-order valence-corrected chi connectivity index (χ2v) is 8.66. The van der Waals surface area contributed by atoms with Gasteiger partial charge in [-0.2, -0.15) is 0 Å². The third kappa shape index (κ3) is 6.71. The van der Waals surface area contributed by atoms with Crippen LogP contribution in [0.3, 0.4) is 0 Å². The van der Waals surface area contributed by atoms with Gasteiger partial charge in [-0.15, -0.1) is 6.58 Å². The zero-order chi connectivity index (χ0) is 20.5. The lowest BCUT2D eigenvalue weighted by Crippen LogP contribution is -2.52. The molecule has 2 N–H and O–H groups in total. The molecule has 0 aromatic carbocycles. The Kier molecular flexibility index (Phi) is 8.80. The van der Waals surface area contributed by atoms with Gasteiger partial charge in [0.2, 0.25) is 5.91 Å². The van der Waals surface area contributed by atoms with Crippen LogP contribution in [-0.4, -0.2) is 98.6 Å². The third-order valence-corrected chi connectivity index (χ3v) is 6.65. The molecule has 0 atom stereocenters. The maximum Gasteiger partial charge on any atom is 0.225 e. The molecule has 0 unspecified atom stereocenters. The molecule has 3 fully saturated rings. The SMILES string of the molecule is C=CCN1CCC(NC(=NC)NCCN2CCN(C(=O)C3CCCC3)CC2)CC1. The Hall–Kier alpha value is -1.60. The smallest absolute Gasteiger partial charge is 0.225 e. The molecule has 29 heavy (non-hydrogen) atoms. The third-order valence-electron chi connectivity index (χ3n) is 6.65. The predicted octanol–water partition coefficient (Wildman–Crippen LogP) is 1.14. The monoisotopic (exact) mass is 404 g/mol. The Labute approximate surface area is 176 Å². The second-order valence-electron chi connectivity index (χ2n) is 8.66. The van der Waals surface area contributed by atoms with Crippen LogP contribution in [0.4, 0.5) is 0 Å². The van der Waals surface area contributed by atoms with Crippen LogP contribution in [0.1, 0.15) is 38.5 Å². The highest BCUT2D eigenvalue weighted by atomic mass is 16.2. The molecule has 0 aromatic rings. The minimum absolute atomic E-state index is 0.307. The molecule has 7 heteroatoms. The van der Waals surface area contributed by atoms with Gasteiger partial charge in [0.1, 0.15) is 0 Å². The first kappa shape index (κ1) is 22.1. The molecule has 2 aliphatic heterocycles. The Morgan fingerprint density at radius 1 is 1.03 bits per heavy atom. The molecule has 7 nitrogen and oxygen atoms in total. The van der Waals surface area contributed by atoms with Gasteiger partial charge in [-0.05, 0) is 25.7 Å². The predicted molar refractivity (Wildman–Crippen MR) is 119 cm³/mol. The summed E-state index contributed by atoms with van der Waals surface area (Å²) < 4.78 is 0. The highest BCUT2D eigenvalue weighted by Crippen LogP contribution is 2.26. The molecule has 0 radical (unpaired) electrons. The summed E-state index contributed by atoms with van der Waals surface area (Å²) in [5.74, 6) is 1.62. The number of nitrogens with zero attached hydrogens (tertiary/aromatic N) is 4. The van der Waals surface area contributed by atoms with E-state index in [1.165, 1.54) is 12.8 Å². The first-order valence-corrected chi connectivity index (χ1v) is 11.5. The number of aliphatic imine (C=N–C) groups is 1. The molecule has 0 bridgehead atoms. The summed E-state index contributed by atoms with van der Waals surface area (Å²) in [4.78, 5) is 23.9. The fourth-order valence-electron chi connectivity index (χ4n) is 4.79. The van der Waals surface area contributed by atoms with Gasteiger partial charge in [0.25, 0.3) is 0 Å². The molecular formula is C22H40N6O. The Morgan fingerprint density at radius 2 is 1.72 bits per heavy atom. The number of nitrogens with one attached hydrogen (secondary N) is 2. The number of carbonyl (C=O) groups excluding carboxylic acids is 1. The van der Waals surface area contributed by atoms with Crippen LogP contribution in [0.15, 0.2) is 17.6 Å². The first-order valence-electron chi connectivity index (χ1n) is 11.5. The van der Waals surface area contributed by atoms with Gasteiger partial charge in [0.05, 0.1) is 0 Å². The fraction of sp³-hybridized carbons (Fsp3) is 0.818. The molecular weight excluding hydrogens is 364 g/mol. The molecule has 1 saturated carbocycles. The second kappa shape index (κ2) is 11.6. The van der Waals surface area contributed by atoms with Crippen LogP contribution >= 0.6 is 0 Å². The number of carbonyl (C=O) groups is 1. The van der Waals surface area contributed by atoms with E-state index in [9.17, 15) is 4.79 Å². The molecule has 1 amide bonds. The summed E-state index contributed by atoms with van der Waals surface area (Å²) in [6.07, 6.45) is 8.93. The highest BCUT2D eigenvalue weighted by molar-refractivity contribution is 5.80. The van der Waals surface area contributed by atoms with E-state index in [-0.39, 0.29) is 0 Å². The molecule has 3 rings (SSSR count). The van der Waals surface area contributed by atoms with Gasteiger partial charge in [0, 0.05) is 77.9 Å². The van der Waals surface area contributed by atoms with Gasteiger partial charge in [-0.1, -0.05) is 18.9 Å². The van der Waals surface area contributed by atoms with Crippen molar-refractivity contribution in [3.63, 3.8) is 0 Å². The molecule has 3 aliphatic rings. The summed E-state index contributed by atoms with van der Waals surface area (Å²) in [6, 6.07) is 0.493. The highest BCUT2D eigenvalue weighted by Gasteiger charge is 2.29. The number of piperazine rings is 1. The topological polar surface area (TPSA) is 63.2 Å². The van der Waals surface area contributed by atoms with Crippen molar-refractivity contribution in [2.45, 2.75) is 44.6 Å². The van der Waals surface area contributed by atoms with Crippen LogP contribution in [-0.2, 0) is 4.79 Å². The van der Waals surface area contributed by atoms with Crippen molar-refractivity contribution in [3.05, 3.63) is 12.7 Å². The number of amides is 1. The molecule has 2 saturated heterocycles. The van der Waals surface area contributed by atoms with Crippen molar-refractivity contribution in [2.75, 3.05) is 66.0 Å². The normalized spacial score (nSPS) is 23.3. The summed E-state index contributed by atoms with van der Waals surface area (Å²) in [5, 5.41) is 7.04. The van der Waals surface area contributed by atoms with Crippen molar-refractivity contribution in [2.24, 2.45) is 10.9 Å². The Balaban J connectivity index is 1.29. The molecule has 2 heterocycles. The van der Waals surface area contributed by atoms with Gasteiger partial charge < -0.3 is 15.5 Å². The average Bonchev–Trinajstić information content (AvgIpc) is 3.29. The summed E-state index contributed by atoms with van der Waals surface area (Å²) >= 11 is 0.